The Kier molecular flexibility index (Phi) is 3.94. The molecule has 0 aliphatic carbocycles. The summed E-state index contributed by atoms with van der Waals surface area (Å²) in [5, 5.41) is 8.56. The van der Waals surface area contributed by atoms with Gasteiger partial charge in [0.05, 0.1) is 6.54 Å². The number of aliphatic carboxylic acids is 1. The summed E-state index contributed by atoms with van der Waals surface area (Å²) in [5.74, 6) is 0.138. The highest BCUT2D eigenvalue weighted by Crippen LogP contribution is 2.19. The highest BCUT2D eigenvalue weighted by atomic mass is 32.1. The molecule has 0 fully saturated rings. The maximum Gasteiger partial charge on any atom is 0.328 e. The summed E-state index contributed by atoms with van der Waals surface area (Å²) < 4.78 is 2.11. The fraction of sp³-hybridized carbons (Fsp3) is 0.231. The second kappa shape index (κ2) is 5.64. The standard InChI is InChI=1S/C13H14N2O2S/c1-2-12-14-7-8-15(12)9-11-4-3-10(18-11)5-6-13(16)17/h3-8H,2,9H2,1H3,(H,16,17). The van der Waals surface area contributed by atoms with Crippen molar-refractivity contribution in [3.8, 4) is 0 Å². The first-order chi connectivity index (χ1) is 8.69. The molecule has 1 N–H and O–H groups in total. The average molecular weight is 262 g/mol. The van der Waals surface area contributed by atoms with Gasteiger partial charge in [0.25, 0.3) is 0 Å². The predicted molar refractivity (Wildman–Crippen MR) is 71.7 cm³/mol. The first kappa shape index (κ1) is 12.6. The largest absolute Gasteiger partial charge is 0.478 e. The van der Waals surface area contributed by atoms with Crippen molar-refractivity contribution >= 4 is 23.4 Å². The minimum absolute atomic E-state index is 0.786. The molecule has 0 aliphatic rings. The van der Waals surface area contributed by atoms with Gasteiger partial charge in [0.15, 0.2) is 0 Å². The van der Waals surface area contributed by atoms with Gasteiger partial charge in [-0.25, -0.2) is 9.78 Å². The zero-order chi connectivity index (χ0) is 13.0. The maximum atomic E-state index is 10.4. The Hall–Kier alpha value is -1.88. The van der Waals surface area contributed by atoms with Crippen molar-refractivity contribution in [3.05, 3.63) is 46.2 Å². The first-order valence-corrected chi connectivity index (χ1v) is 6.50. The minimum atomic E-state index is -0.923. The number of hydrogen-bond donors (Lipinski definition) is 1. The monoisotopic (exact) mass is 262 g/mol. The molecule has 0 amide bonds. The molecular weight excluding hydrogens is 248 g/mol. The van der Waals surface area contributed by atoms with Crippen LogP contribution in [0.3, 0.4) is 0 Å². The van der Waals surface area contributed by atoms with Gasteiger partial charge in [-0.1, -0.05) is 6.92 Å². The Balaban J connectivity index is 2.09. The molecule has 0 saturated carbocycles. The third-order valence-electron chi connectivity index (χ3n) is 2.52. The Bertz CT molecular complexity index is 569. The Labute approximate surface area is 109 Å². The van der Waals surface area contributed by atoms with Crippen LogP contribution in [0.1, 0.15) is 22.5 Å². The molecule has 2 aromatic rings. The summed E-state index contributed by atoms with van der Waals surface area (Å²) in [5.41, 5.74) is 0. The van der Waals surface area contributed by atoms with E-state index in [9.17, 15) is 4.79 Å². The molecule has 2 rings (SSSR count). The number of aryl methyl sites for hydroxylation is 1. The fourth-order valence-corrected chi connectivity index (χ4v) is 2.60. The number of hydrogen-bond acceptors (Lipinski definition) is 3. The highest BCUT2D eigenvalue weighted by molar-refractivity contribution is 7.12. The molecule has 4 nitrogen and oxygen atoms in total. The summed E-state index contributed by atoms with van der Waals surface area (Å²) in [6.07, 6.45) is 7.45. The van der Waals surface area contributed by atoms with E-state index in [1.54, 1.807) is 23.6 Å². The third kappa shape index (κ3) is 3.07. The van der Waals surface area contributed by atoms with Crippen LogP contribution in [0.25, 0.3) is 6.08 Å². The van der Waals surface area contributed by atoms with Crippen LogP contribution in [0.2, 0.25) is 0 Å². The van der Waals surface area contributed by atoms with Gasteiger partial charge in [0.2, 0.25) is 0 Å². The molecule has 2 heterocycles. The minimum Gasteiger partial charge on any atom is -0.478 e. The molecule has 94 valence electrons. The molecule has 0 bridgehead atoms. The van der Waals surface area contributed by atoms with E-state index in [4.69, 9.17) is 5.11 Å². The van der Waals surface area contributed by atoms with Gasteiger partial charge in [-0.2, -0.15) is 0 Å². The van der Waals surface area contributed by atoms with Crippen molar-refractivity contribution in [1.29, 1.82) is 0 Å². The van der Waals surface area contributed by atoms with Gasteiger partial charge in [0, 0.05) is 34.6 Å². The number of imidazole rings is 1. The normalized spacial score (nSPS) is 11.2. The molecule has 0 aromatic carbocycles. The number of nitrogens with zero attached hydrogens (tertiary/aromatic N) is 2. The number of carbonyl (C=O) groups is 1. The summed E-state index contributed by atoms with van der Waals surface area (Å²) in [7, 11) is 0. The Morgan fingerprint density at radius 2 is 2.39 bits per heavy atom. The summed E-state index contributed by atoms with van der Waals surface area (Å²) in [6.45, 7) is 2.86. The smallest absolute Gasteiger partial charge is 0.328 e. The van der Waals surface area contributed by atoms with Crippen LogP contribution < -0.4 is 0 Å². The summed E-state index contributed by atoms with van der Waals surface area (Å²) in [4.78, 5) is 16.8. The van der Waals surface area contributed by atoms with Gasteiger partial charge < -0.3 is 9.67 Å². The van der Waals surface area contributed by atoms with E-state index in [0.29, 0.717) is 0 Å². The molecule has 0 saturated heterocycles. The van der Waals surface area contributed by atoms with Gasteiger partial charge in [-0.15, -0.1) is 11.3 Å². The quantitative estimate of drug-likeness (QED) is 0.843. The van der Waals surface area contributed by atoms with Gasteiger partial charge in [0.1, 0.15) is 5.82 Å². The van der Waals surface area contributed by atoms with E-state index >= 15 is 0 Å². The SMILES string of the molecule is CCc1nccn1Cc1ccc(C=CC(=O)O)s1. The van der Waals surface area contributed by atoms with E-state index in [1.165, 1.54) is 4.88 Å². The number of thiophene rings is 1. The van der Waals surface area contributed by atoms with Crippen LogP contribution in [0.4, 0.5) is 0 Å². The zero-order valence-corrected chi connectivity index (χ0v) is 10.9. The van der Waals surface area contributed by atoms with Gasteiger partial charge >= 0.3 is 5.97 Å². The van der Waals surface area contributed by atoms with Crippen molar-refractivity contribution in [2.75, 3.05) is 0 Å². The lowest BCUT2D eigenvalue weighted by molar-refractivity contribution is -0.131. The van der Waals surface area contributed by atoms with Crippen LogP contribution in [0, 0.1) is 0 Å². The molecule has 0 spiro atoms. The average Bonchev–Trinajstić information content (AvgIpc) is 2.96. The van der Waals surface area contributed by atoms with Crippen molar-refractivity contribution in [1.82, 2.24) is 9.55 Å². The van der Waals surface area contributed by atoms with Crippen LogP contribution in [0.15, 0.2) is 30.6 Å². The lowest BCUT2D eigenvalue weighted by Gasteiger charge is -2.03. The van der Waals surface area contributed by atoms with Crippen molar-refractivity contribution in [2.24, 2.45) is 0 Å². The molecule has 0 atom stereocenters. The third-order valence-corrected chi connectivity index (χ3v) is 3.55. The second-order valence-corrected chi connectivity index (χ2v) is 5.00. The first-order valence-electron chi connectivity index (χ1n) is 5.68. The topological polar surface area (TPSA) is 55.1 Å². The zero-order valence-electron chi connectivity index (χ0n) is 10.0. The van der Waals surface area contributed by atoms with E-state index in [2.05, 4.69) is 16.5 Å². The molecule has 5 heteroatoms. The molecule has 0 radical (unpaired) electrons. The van der Waals surface area contributed by atoms with Crippen LogP contribution in [-0.2, 0) is 17.8 Å². The molecular formula is C13H14N2O2S. The van der Waals surface area contributed by atoms with E-state index in [1.807, 2.05) is 18.3 Å². The van der Waals surface area contributed by atoms with Crippen LogP contribution in [-0.4, -0.2) is 20.6 Å². The van der Waals surface area contributed by atoms with Crippen molar-refractivity contribution in [3.63, 3.8) is 0 Å². The van der Waals surface area contributed by atoms with Crippen molar-refractivity contribution < 1.29 is 9.90 Å². The lowest BCUT2D eigenvalue weighted by atomic mass is 10.4. The lowest BCUT2D eigenvalue weighted by Crippen LogP contribution is -2.01. The molecule has 0 aliphatic heterocycles. The van der Waals surface area contributed by atoms with Gasteiger partial charge in [-0.05, 0) is 18.2 Å². The highest BCUT2D eigenvalue weighted by Gasteiger charge is 2.03. The van der Waals surface area contributed by atoms with E-state index < -0.39 is 5.97 Å². The van der Waals surface area contributed by atoms with Gasteiger partial charge in [-0.3, -0.25) is 0 Å². The predicted octanol–water partition coefficient (Wildman–Crippen LogP) is 2.65. The fourth-order valence-electron chi connectivity index (χ4n) is 1.69. The maximum absolute atomic E-state index is 10.4. The number of carboxylic acid groups (broad SMARTS) is 1. The van der Waals surface area contributed by atoms with Crippen LogP contribution >= 0.6 is 11.3 Å². The summed E-state index contributed by atoms with van der Waals surface area (Å²) >= 11 is 1.59. The Morgan fingerprint density at radius 1 is 1.56 bits per heavy atom. The van der Waals surface area contributed by atoms with Crippen LogP contribution in [0.5, 0.6) is 0 Å². The molecule has 2 aromatic heterocycles. The number of carboxylic acids is 1. The second-order valence-electron chi connectivity index (χ2n) is 3.80. The number of rotatable bonds is 5. The van der Waals surface area contributed by atoms with Crippen molar-refractivity contribution in [2.45, 2.75) is 19.9 Å². The molecule has 18 heavy (non-hydrogen) atoms. The molecule has 0 unspecified atom stereocenters. The summed E-state index contributed by atoms with van der Waals surface area (Å²) in [6, 6.07) is 3.95. The number of aromatic nitrogens is 2. The Morgan fingerprint density at radius 3 is 3.11 bits per heavy atom. The van der Waals surface area contributed by atoms with E-state index in [0.717, 1.165) is 29.7 Å². The van der Waals surface area contributed by atoms with E-state index in [-0.39, 0.29) is 0 Å².